The highest BCUT2D eigenvalue weighted by Crippen LogP contribution is 2.07. The minimum atomic E-state index is -0.591. The van der Waals surface area contributed by atoms with Crippen LogP contribution in [-0.4, -0.2) is 44.7 Å². The fourth-order valence-electron chi connectivity index (χ4n) is 1.78. The Kier molecular flexibility index (Phi) is 7.54. The first-order valence-corrected chi connectivity index (χ1v) is 6.66. The summed E-state index contributed by atoms with van der Waals surface area (Å²) in [5, 5.41) is 3.03. The topological polar surface area (TPSA) is 64.6 Å². The van der Waals surface area contributed by atoms with Crippen LogP contribution in [0.2, 0.25) is 0 Å². The van der Waals surface area contributed by atoms with Crippen molar-refractivity contribution < 1.29 is 19.1 Å². The summed E-state index contributed by atoms with van der Waals surface area (Å²) in [6.45, 7) is 3.02. The quantitative estimate of drug-likeness (QED) is 0.421. The number of esters is 1. The molecule has 0 aliphatic carbocycles. The van der Waals surface area contributed by atoms with Crippen LogP contribution in [0.5, 0.6) is 0 Å². The van der Waals surface area contributed by atoms with Gasteiger partial charge in [-0.15, -0.1) is 0 Å². The van der Waals surface area contributed by atoms with Gasteiger partial charge in [0.1, 0.15) is 0 Å². The zero-order valence-electron chi connectivity index (χ0n) is 11.9. The number of Topliss-reactive ketones (excluding diaryl/α,β-unsaturated/α-hetero) is 1. The summed E-state index contributed by atoms with van der Waals surface area (Å²) in [4.78, 5) is 23.9. The van der Waals surface area contributed by atoms with Gasteiger partial charge in [-0.3, -0.25) is 9.59 Å². The molecule has 0 saturated carbocycles. The Morgan fingerprint density at radius 2 is 1.95 bits per heavy atom. The van der Waals surface area contributed by atoms with E-state index in [2.05, 4.69) is 5.32 Å². The molecule has 0 aliphatic heterocycles. The van der Waals surface area contributed by atoms with Crippen molar-refractivity contribution in [2.75, 3.05) is 26.9 Å². The second-order valence-electron chi connectivity index (χ2n) is 4.24. The maximum Gasteiger partial charge on any atom is 0.307 e. The Morgan fingerprint density at radius 3 is 2.55 bits per heavy atom. The molecule has 1 atom stereocenters. The van der Waals surface area contributed by atoms with Crippen LogP contribution < -0.4 is 5.32 Å². The summed E-state index contributed by atoms with van der Waals surface area (Å²) in [5.41, 5.74) is 0.576. The molecule has 0 heterocycles. The molecule has 0 saturated heterocycles. The summed E-state index contributed by atoms with van der Waals surface area (Å²) in [7, 11) is 1.58. The average molecular weight is 279 g/mol. The molecule has 0 aliphatic rings. The highest BCUT2D eigenvalue weighted by molar-refractivity contribution is 6.01. The lowest BCUT2D eigenvalue weighted by atomic mass is 10.0. The van der Waals surface area contributed by atoms with Crippen LogP contribution in [0.25, 0.3) is 0 Å². The van der Waals surface area contributed by atoms with Gasteiger partial charge >= 0.3 is 5.97 Å². The SMILES string of the molecule is CCOC(=O)CC(NCCOC)C(=O)c1ccccc1. The molecule has 5 nitrogen and oxygen atoms in total. The second kappa shape index (κ2) is 9.23. The van der Waals surface area contributed by atoms with Crippen molar-refractivity contribution in [3.63, 3.8) is 0 Å². The van der Waals surface area contributed by atoms with Gasteiger partial charge in [0.25, 0.3) is 0 Å². The molecule has 0 fully saturated rings. The maximum atomic E-state index is 12.4. The van der Waals surface area contributed by atoms with Crippen LogP contribution in [-0.2, 0) is 14.3 Å². The molecular formula is C15H21NO4. The Balaban J connectivity index is 2.70. The number of carbonyl (C=O) groups excluding carboxylic acids is 2. The van der Waals surface area contributed by atoms with Crippen molar-refractivity contribution in [2.45, 2.75) is 19.4 Å². The van der Waals surface area contributed by atoms with E-state index in [-0.39, 0.29) is 18.2 Å². The Morgan fingerprint density at radius 1 is 1.25 bits per heavy atom. The molecule has 20 heavy (non-hydrogen) atoms. The van der Waals surface area contributed by atoms with E-state index in [0.29, 0.717) is 25.3 Å². The van der Waals surface area contributed by atoms with Gasteiger partial charge < -0.3 is 14.8 Å². The minimum absolute atomic E-state index is 0.0191. The molecule has 1 aromatic rings. The van der Waals surface area contributed by atoms with E-state index in [1.807, 2.05) is 6.07 Å². The van der Waals surface area contributed by atoms with E-state index in [0.717, 1.165) is 0 Å². The summed E-state index contributed by atoms with van der Waals surface area (Å²) >= 11 is 0. The number of methoxy groups -OCH3 is 1. The zero-order valence-corrected chi connectivity index (χ0v) is 11.9. The molecule has 110 valence electrons. The van der Waals surface area contributed by atoms with Crippen LogP contribution in [0.4, 0.5) is 0 Å². The van der Waals surface area contributed by atoms with Crippen LogP contribution in [0.3, 0.4) is 0 Å². The zero-order chi connectivity index (χ0) is 14.8. The Hall–Kier alpha value is -1.72. The van der Waals surface area contributed by atoms with Crippen molar-refractivity contribution in [1.82, 2.24) is 5.32 Å². The Labute approximate surface area is 119 Å². The second-order valence-corrected chi connectivity index (χ2v) is 4.24. The summed E-state index contributed by atoms with van der Waals surface area (Å²) < 4.78 is 9.84. The van der Waals surface area contributed by atoms with Crippen LogP contribution in [0.15, 0.2) is 30.3 Å². The number of nitrogens with one attached hydrogen (secondary N) is 1. The lowest BCUT2D eigenvalue weighted by Crippen LogP contribution is -2.40. The third-order valence-corrected chi connectivity index (χ3v) is 2.75. The van der Waals surface area contributed by atoms with E-state index in [4.69, 9.17) is 9.47 Å². The van der Waals surface area contributed by atoms with E-state index < -0.39 is 6.04 Å². The molecule has 0 amide bonds. The van der Waals surface area contributed by atoms with Crippen LogP contribution >= 0.6 is 0 Å². The fraction of sp³-hybridized carbons (Fsp3) is 0.467. The van der Waals surface area contributed by atoms with Crippen LogP contribution in [0.1, 0.15) is 23.7 Å². The highest BCUT2D eigenvalue weighted by Gasteiger charge is 2.23. The third-order valence-electron chi connectivity index (χ3n) is 2.75. The largest absolute Gasteiger partial charge is 0.466 e. The minimum Gasteiger partial charge on any atom is -0.466 e. The fourth-order valence-corrected chi connectivity index (χ4v) is 1.78. The predicted molar refractivity (Wildman–Crippen MR) is 75.7 cm³/mol. The van der Waals surface area contributed by atoms with Gasteiger partial charge in [0.2, 0.25) is 0 Å². The third kappa shape index (κ3) is 5.50. The van der Waals surface area contributed by atoms with E-state index >= 15 is 0 Å². The first kappa shape index (κ1) is 16.3. The monoisotopic (exact) mass is 279 g/mol. The summed E-state index contributed by atoms with van der Waals surface area (Å²) in [6.07, 6.45) is 0.0191. The van der Waals surface area contributed by atoms with Gasteiger partial charge in [0, 0.05) is 19.2 Å². The van der Waals surface area contributed by atoms with E-state index in [1.54, 1.807) is 38.3 Å². The van der Waals surface area contributed by atoms with E-state index in [1.165, 1.54) is 0 Å². The van der Waals surface area contributed by atoms with Crippen LogP contribution in [0, 0.1) is 0 Å². The molecule has 0 spiro atoms. The predicted octanol–water partition coefficient (Wildman–Crippen LogP) is 1.43. The standard InChI is InChI=1S/C15H21NO4/c1-3-20-14(17)11-13(16-9-10-19-2)15(18)12-7-5-4-6-8-12/h4-8,13,16H,3,9-11H2,1-2H3. The van der Waals surface area contributed by atoms with Gasteiger partial charge in [0.05, 0.1) is 25.7 Å². The molecule has 5 heteroatoms. The number of carbonyl (C=O) groups is 2. The van der Waals surface area contributed by atoms with Gasteiger partial charge in [-0.1, -0.05) is 30.3 Å². The number of hydrogen-bond acceptors (Lipinski definition) is 5. The molecule has 1 unspecified atom stereocenters. The first-order chi connectivity index (χ1) is 9.69. The summed E-state index contributed by atoms with van der Waals surface area (Å²) in [6, 6.07) is 8.31. The molecule has 1 rings (SSSR count). The Bertz CT molecular complexity index is 419. The lowest BCUT2D eigenvalue weighted by molar-refractivity contribution is -0.143. The van der Waals surface area contributed by atoms with Crippen molar-refractivity contribution in [3.8, 4) is 0 Å². The van der Waals surface area contributed by atoms with Crippen molar-refractivity contribution >= 4 is 11.8 Å². The smallest absolute Gasteiger partial charge is 0.307 e. The maximum absolute atomic E-state index is 12.4. The molecule has 1 aromatic carbocycles. The van der Waals surface area contributed by atoms with Gasteiger partial charge in [0.15, 0.2) is 5.78 Å². The average Bonchev–Trinajstić information content (AvgIpc) is 2.47. The van der Waals surface area contributed by atoms with Gasteiger partial charge in [-0.2, -0.15) is 0 Å². The molecular weight excluding hydrogens is 258 g/mol. The summed E-state index contributed by atoms with van der Waals surface area (Å²) in [5.74, 6) is -0.499. The number of ether oxygens (including phenoxy) is 2. The number of hydrogen-bond donors (Lipinski definition) is 1. The molecule has 0 aromatic heterocycles. The molecule has 0 radical (unpaired) electrons. The van der Waals surface area contributed by atoms with Gasteiger partial charge in [-0.25, -0.2) is 0 Å². The molecule has 0 bridgehead atoms. The van der Waals surface area contributed by atoms with E-state index in [9.17, 15) is 9.59 Å². The number of ketones is 1. The highest BCUT2D eigenvalue weighted by atomic mass is 16.5. The van der Waals surface area contributed by atoms with Crippen molar-refractivity contribution in [2.24, 2.45) is 0 Å². The first-order valence-electron chi connectivity index (χ1n) is 6.66. The normalized spacial score (nSPS) is 11.9. The van der Waals surface area contributed by atoms with Gasteiger partial charge in [-0.05, 0) is 6.92 Å². The molecule has 1 N–H and O–H groups in total. The lowest BCUT2D eigenvalue weighted by Gasteiger charge is -2.16. The van der Waals surface area contributed by atoms with Crippen molar-refractivity contribution in [1.29, 1.82) is 0 Å². The number of benzene rings is 1. The van der Waals surface area contributed by atoms with Crippen molar-refractivity contribution in [3.05, 3.63) is 35.9 Å². The number of rotatable bonds is 9.